The first-order valence-corrected chi connectivity index (χ1v) is 21.9. The highest BCUT2D eigenvalue weighted by molar-refractivity contribution is 5.67. The van der Waals surface area contributed by atoms with Crippen molar-refractivity contribution in [2.45, 2.75) is 180 Å². The van der Waals surface area contributed by atoms with Gasteiger partial charge in [-0.2, -0.15) is 0 Å². The molecule has 52 heavy (non-hydrogen) atoms. The molecule has 0 saturated carbocycles. The van der Waals surface area contributed by atoms with Gasteiger partial charge in [0.1, 0.15) is 0 Å². The minimum atomic E-state index is -0.431. The lowest BCUT2D eigenvalue weighted by atomic mass is 10.1. The van der Waals surface area contributed by atoms with Crippen molar-refractivity contribution in [2.24, 2.45) is 5.92 Å². The average Bonchev–Trinajstić information content (AvgIpc) is 3.15. The van der Waals surface area contributed by atoms with E-state index in [1.165, 1.54) is 141 Å². The Kier molecular flexibility index (Phi) is 43.6. The summed E-state index contributed by atoms with van der Waals surface area (Å²) in [4.78, 5) is 12.6. The van der Waals surface area contributed by atoms with Gasteiger partial charge in [0.05, 0.1) is 59.0 Å². The molecule has 1 amide bonds. The summed E-state index contributed by atoms with van der Waals surface area (Å²) in [6.07, 6.45) is 31.8. The normalized spacial score (nSPS) is 12.2. The molecular weight excluding hydrogens is 658 g/mol. The molecule has 1 N–H and O–H groups in total. The zero-order valence-corrected chi connectivity index (χ0v) is 34.9. The topological polar surface area (TPSA) is 93.7 Å². The molecule has 0 rings (SSSR count). The van der Waals surface area contributed by atoms with Gasteiger partial charge in [0.15, 0.2) is 0 Å². The number of amides is 1. The van der Waals surface area contributed by atoms with E-state index in [1.54, 1.807) is 14.2 Å². The molecule has 0 aliphatic rings. The lowest BCUT2D eigenvalue weighted by Crippen LogP contribution is -2.37. The predicted molar refractivity (Wildman–Crippen MR) is 216 cm³/mol. The molecule has 0 saturated heterocycles. The maximum Gasteiger partial charge on any atom is 0.407 e. The van der Waals surface area contributed by atoms with Crippen LogP contribution in [0.25, 0.3) is 0 Å². The number of hydrogen-bond donors (Lipinski definition) is 1. The molecule has 312 valence electrons. The van der Waals surface area contributed by atoms with Gasteiger partial charge in [0.2, 0.25) is 0 Å². The third kappa shape index (κ3) is 40.2. The number of alkyl carbamates (subject to hydrolysis) is 1. The summed E-state index contributed by atoms with van der Waals surface area (Å²) in [5, 5.41) is 2.91. The molecule has 0 aliphatic heterocycles. The highest BCUT2D eigenvalue weighted by Gasteiger charge is 2.15. The Balaban J connectivity index is 4.38. The summed E-state index contributed by atoms with van der Waals surface area (Å²) in [7, 11) is 3.31. The predicted octanol–water partition coefficient (Wildman–Crippen LogP) is 10.8. The van der Waals surface area contributed by atoms with E-state index in [1.807, 2.05) is 0 Å². The van der Waals surface area contributed by atoms with Gasteiger partial charge in [-0.15, -0.1) is 0 Å². The number of methoxy groups -OCH3 is 2. The molecule has 1 unspecified atom stereocenters. The van der Waals surface area contributed by atoms with Gasteiger partial charge in [-0.25, -0.2) is 4.79 Å². The molecule has 0 spiro atoms. The zero-order valence-electron chi connectivity index (χ0n) is 34.9. The number of rotatable bonds is 44. The third-order valence-electron chi connectivity index (χ3n) is 9.60. The molecule has 0 fully saturated rings. The minimum Gasteiger partial charge on any atom is -0.450 e. The van der Waals surface area contributed by atoms with Crippen molar-refractivity contribution in [1.29, 1.82) is 0 Å². The maximum absolute atomic E-state index is 12.6. The lowest BCUT2D eigenvalue weighted by Gasteiger charge is -2.20. The zero-order chi connectivity index (χ0) is 37.8. The van der Waals surface area contributed by atoms with Gasteiger partial charge in [-0.05, 0) is 19.3 Å². The fourth-order valence-corrected chi connectivity index (χ4v) is 6.18. The number of hydrogen-bond acceptors (Lipinski definition) is 8. The van der Waals surface area contributed by atoms with Crippen LogP contribution in [-0.4, -0.2) is 99.0 Å². The Morgan fingerprint density at radius 3 is 1.31 bits per heavy atom. The second-order valence-electron chi connectivity index (χ2n) is 14.7. The molecule has 9 heteroatoms. The third-order valence-corrected chi connectivity index (χ3v) is 9.60. The molecule has 0 bridgehead atoms. The van der Waals surface area contributed by atoms with Crippen molar-refractivity contribution >= 4 is 6.09 Å². The lowest BCUT2D eigenvalue weighted by molar-refractivity contribution is -0.0180. The van der Waals surface area contributed by atoms with Crippen LogP contribution in [0.3, 0.4) is 0 Å². The number of carbonyl (C=O) groups excluding carboxylic acids is 1. The molecule has 0 radical (unpaired) electrons. The second-order valence-corrected chi connectivity index (χ2v) is 14.7. The molecule has 1 atom stereocenters. The monoisotopic (exact) mass is 746 g/mol. The summed E-state index contributed by atoms with van der Waals surface area (Å²) < 4.78 is 39.3. The number of ether oxygens (including phenoxy) is 7. The molecule has 0 aromatic carbocycles. The van der Waals surface area contributed by atoms with E-state index in [9.17, 15) is 4.79 Å². The second kappa shape index (κ2) is 44.4. The SMILES string of the molecule is CCCCCCCCCCCCCCOCC(CNC(=O)OCCC(COCCOC)COCCOC)OCCCCCCCCCCCCCC. The summed E-state index contributed by atoms with van der Waals surface area (Å²) in [5.41, 5.74) is 0. The van der Waals surface area contributed by atoms with Crippen LogP contribution in [-0.2, 0) is 33.2 Å². The molecular formula is C43H87NO8. The Bertz CT molecular complexity index is 674. The fraction of sp³-hybridized carbons (Fsp3) is 0.977. The van der Waals surface area contributed by atoms with Crippen LogP contribution in [0.2, 0.25) is 0 Å². The number of unbranched alkanes of at least 4 members (excludes halogenated alkanes) is 22. The molecule has 9 nitrogen and oxygen atoms in total. The van der Waals surface area contributed by atoms with Crippen molar-refractivity contribution in [3.05, 3.63) is 0 Å². The summed E-state index contributed by atoms with van der Waals surface area (Å²) in [6.45, 7) is 10.3. The van der Waals surface area contributed by atoms with Crippen molar-refractivity contribution in [1.82, 2.24) is 5.32 Å². The van der Waals surface area contributed by atoms with Crippen LogP contribution < -0.4 is 5.32 Å². The van der Waals surface area contributed by atoms with Gasteiger partial charge < -0.3 is 38.5 Å². The largest absolute Gasteiger partial charge is 0.450 e. The van der Waals surface area contributed by atoms with E-state index >= 15 is 0 Å². The van der Waals surface area contributed by atoms with E-state index < -0.39 is 6.09 Å². The standard InChI is InChI=1S/C43H87NO8/c1-5-7-9-11-13-15-17-19-21-23-25-27-30-48-40-42(51-31-28-26-24-22-20-18-16-14-12-10-8-6-2)37-44-43(45)52-32-29-41(38-49-35-33-46-3)39-50-36-34-47-4/h41-42H,5-40H2,1-4H3,(H,44,45). The highest BCUT2D eigenvalue weighted by atomic mass is 16.6. The quantitative estimate of drug-likeness (QED) is 0.0616. The number of carbonyl (C=O) groups is 1. The fourth-order valence-electron chi connectivity index (χ4n) is 6.18. The van der Waals surface area contributed by atoms with E-state index in [4.69, 9.17) is 33.2 Å². The molecule has 0 aliphatic carbocycles. The van der Waals surface area contributed by atoms with Crippen LogP contribution in [0.5, 0.6) is 0 Å². The van der Waals surface area contributed by atoms with E-state index in [-0.39, 0.29) is 18.6 Å². The van der Waals surface area contributed by atoms with Crippen molar-refractivity contribution in [2.75, 3.05) is 86.8 Å². The summed E-state index contributed by atoms with van der Waals surface area (Å²) in [6, 6.07) is 0. The Morgan fingerprint density at radius 2 is 0.865 bits per heavy atom. The minimum absolute atomic E-state index is 0.113. The van der Waals surface area contributed by atoms with Crippen LogP contribution in [0.15, 0.2) is 0 Å². The van der Waals surface area contributed by atoms with E-state index in [0.29, 0.717) is 65.8 Å². The van der Waals surface area contributed by atoms with Crippen LogP contribution >= 0.6 is 0 Å². The van der Waals surface area contributed by atoms with Gasteiger partial charge in [-0.1, -0.05) is 155 Å². The van der Waals surface area contributed by atoms with E-state index in [2.05, 4.69) is 19.2 Å². The van der Waals surface area contributed by atoms with Gasteiger partial charge in [-0.3, -0.25) is 0 Å². The smallest absolute Gasteiger partial charge is 0.407 e. The highest BCUT2D eigenvalue weighted by Crippen LogP contribution is 2.14. The summed E-state index contributed by atoms with van der Waals surface area (Å²) in [5.74, 6) is 0.113. The van der Waals surface area contributed by atoms with Crippen molar-refractivity contribution < 1.29 is 38.0 Å². The van der Waals surface area contributed by atoms with Crippen LogP contribution in [0.4, 0.5) is 4.79 Å². The number of nitrogens with one attached hydrogen (secondary N) is 1. The van der Waals surface area contributed by atoms with Gasteiger partial charge >= 0.3 is 6.09 Å². The Labute approximate surface area is 322 Å². The van der Waals surface area contributed by atoms with Gasteiger partial charge in [0.25, 0.3) is 0 Å². The molecule has 0 aromatic rings. The van der Waals surface area contributed by atoms with Crippen molar-refractivity contribution in [3.8, 4) is 0 Å². The van der Waals surface area contributed by atoms with Crippen molar-refractivity contribution in [3.63, 3.8) is 0 Å². The Hall–Kier alpha value is -0.970. The molecule has 0 heterocycles. The average molecular weight is 746 g/mol. The summed E-state index contributed by atoms with van der Waals surface area (Å²) >= 11 is 0. The van der Waals surface area contributed by atoms with Crippen LogP contribution in [0, 0.1) is 5.92 Å². The first-order valence-electron chi connectivity index (χ1n) is 21.9. The Morgan fingerprint density at radius 1 is 0.462 bits per heavy atom. The van der Waals surface area contributed by atoms with Crippen LogP contribution in [0.1, 0.15) is 174 Å². The van der Waals surface area contributed by atoms with E-state index in [0.717, 1.165) is 19.4 Å². The first kappa shape index (κ1) is 51.0. The van der Waals surface area contributed by atoms with Gasteiger partial charge in [0, 0.05) is 39.9 Å². The molecule has 0 aromatic heterocycles. The maximum atomic E-state index is 12.6. The first-order chi connectivity index (χ1) is 25.7.